The van der Waals surface area contributed by atoms with Gasteiger partial charge in [0, 0.05) is 19.1 Å². The quantitative estimate of drug-likeness (QED) is 0.756. The van der Waals surface area contributed by atoms with Crippen LogP contribution in [-0.4, -0.2) is 61.2 Å². The number of nitrogens with zero attached hydrogens (tertiary/aromatic N) is 2. The van der Waals surface area contributed by atoms with Crippen LogP contribution in [0.3, 0.4) is 0 Å². The van der Waals surface area contributed by atoms with Gasteiger partial charge in [0.1, 0.15) is 5.75 Å². The van der Waals surface area contributed by atoms with Gasteiger partial charge in [-0.1, -0.05) is 12.1 Å². The van der Waals surface area contributed by atoms with Gasteiger partial charge in [-0.25, -0.2) is 0 Å². The highest BCUT2D eigenvalue weighted by Gasteiger charge is 2.18. The Morgan fingerprint density at radius 1 is 1.24 bits per heavy atom. The third-order valence-corrected chi connectivity index (χ3v) is 3.39. The number of benzene rings is 1. The van der Waals surface area contributed by atoms with Gasteiger partial charge in [0.25, 0.3) is 0 Å². The largest absolute Gasteiger partial charge is 0.494 e. The van der Waals surface area contributed by atoms with Crippen LogP contribution in [-0.2, 0) is 4.79 Å². The van der Waals surface area contributed by atoms with Crippen LogP contribution in [0.1, 0.15) is 25.5 Å². The molecule has 1 aromatic rings. The fourth-order valence-electron chi connectivity index (χ4n) is 2.13. The van der Waals surface area contributed by atoms with Crippen LogP contribution >= 0.6 is 0 Å². The third-order valence-electron chi connectivity index (χ3n) is 3.39. The van der Waals surface area contributed by atoms with Gasteiger partial charge in [0.2, 0.25) is 0 Å². The average Bonchev–Trinajstić information content (AvgIpc) is 2.43. The first-order valence-corrected chi connectivity index (χ1v) is 7.27. The summed E-state index contributed by atoms with van der Waals surface area (Å²) in [5.74, 6) is 0.0399. The van der Waals surface area contributed by atoms with Crippen molar-refractivity contribution in [1.82, 2.24) is 9.80 Å². The molecule has 0 bridgehead atoms. The second kappa shape index (κ2) is 8.64. The molecule has 0 aliphatic heterocycles. The van der Waals surface area contributed by atoms with E-state index in [1.807, 2.05) is 57.1 Å². The zero-order chi connectivity index (χ0) is 15.8. The van der Waals surface area contributed by atoms with Crippen molar-refractivity contribution in [1.29, 1.82) is 0 Å². The average molecular weight is 294 g/mol. The molecule has 1 rings (SSSR count). The number of ether oxygens (including phenoxy) is 1. The van der Waals surface area contributed by atoms with Crippen LogP contribution in [0.4, 0.5) is 0 Å². The number of likely N-dealkylation sites (N-methyl/N-ethyl adjacent to an activating group) is 1. The lowest BCUT2D eigenvalue weighted by atomic mass is 10.1. The van der Waals surface area contributed by atoms with Crippen molar-refractivity contribution < 1.29 is 14.6 Å². The van der Waals surface area contributed by atoms with Gasteiger partial charge in [-0.15, -0.1) is 0 Å². The molecule has 118 valence electrons. The van der Waals surface area contributed by atoms with Crippen LogP contribution in [0.25, 0.3) is 0 Å². The lowest BCUT2D eigenvalue weighted by Gasteiger charge is -2.29. The van der Waals surface area contributed by atoms with E-state index in [0.29, 0.717) is 13.2 Å². The molecule has 0 aromatic heterocycles. The van der Waals surface area contributed by atoms with Crippen molar-refractivity contribution in [3.63, 3.8) is 0 Å². The summed E-state index contributed by atoms with van der Waals surface area (Å²) in [6.45, 7) is 6.22. The summed E-state index contributed by atoms with van der Waals surface area (Å²) >= 11 is 0. The summed E-state index contributed by atoms with van der Waals surface area (Å²) in [6, 6.07) is 7.91. The number of aliphatic carboxylic acids is 1. The zero-order valence-electron chi connectivity index (χ0n) is 13.4. The first kappa shape index (κ1) is 17.5. The Bertz CT molecular complexity index is 432. The minimum atomic E-state index is -0.799. The van der Waals surface area contributed by atoms with E-state index in [-0.39, 0.29) is 12.6 Å². The molecule has 0 fully saturated rings. The number of carbonyl (C=O) groups is 1. The Balaban J connectivity index is 2.77. The monoisotopic (exact) mass is 294 g/mol. The molecule has 0 amide bonds. The molecule has 0 spiro atoms. The van der Waals surface area contributed by atoms with Crippen molar-refractivity contribution in [2.75, 3.05) is 40.3 Å². The number of carboxylic acid groups (broad SMARTS) is 1. The molecule has 0 heterocycles. The second-order valence-corrected chi connectivity index (χ2v) is 5.35. The summed E-state index contributed by atoms with van der Waals surface area (Å²) < 4.78 is 5.43. The van der Waals surface area contributed by atoms with E-state index in [4.69, 9.17) is 9.84 Å². The minimum absolute atomic E-state index is 0.0439. The fourth-order valence-corrected chi connectivity index (χ4v) is 2.13. The molecule has 0 saturated heterocycles. The zero-order valence-corrected chi connectivity index (χ0v) is 13.4. The molecule has 0 radical (unpaired) electrons. The Kier molecular flexibility index (Phi) is 7.19. The second-order valence-electron chi connectivity index (χ2n) is 5.35. The smallest absolute Gasteiger partial charge is 0.317 e. The molecule has 1 atom stereocenters. The van der Waals surface area contributed by atoms with Crippen molar-refractivity contribution in [3.8, 4) is 5.75 Å². The Labute approximate surface area is 127 Å². The van der Waals surface area contributed by atoms with Crippen molar-refractivity contribution in [3.05, 3.63) is 29.8 Å². The van der Waals surface area contributed by atoms with Gasteiger partial charge in [-0.3, -0.25) is 9.69 Å². The Hall–Kier alpha value is -1.59. The highest BCUT2D eigenvalue weighted by atomic mass is 16.5. The number of rotatable bonds is 9. The highest BCUT2D eigenvalue weighted by molar-refractivity contribution is 5.69. The van der Waals surface area contributed by atoms with E-state index < -0.39 is 5.97 Å². The molecule has 21 heavy (non-hydrogen) atoms. The maximum Gasteiger partial charge on any atom is 0.317 e. The molecule has 1 N–H and O–H groups in total. The van der Waals surface area contributed by atoms with E-state index in [2.05, 4.69) is 4.90 Å². The Morgan fingerprint density at radius 3 is 2.33 bits per heavy atom. The number of hydrogen-bond donors (Lipinski definition) is 1. The molecule has 1 unspecified atom stereocenters. The third kappa shape index (κ3) is 6.14. The predicted octanol–water partition coefficient (Wildman–Crippen LogP) is 2.09. The van der Waals surface area contributed by atoms with Crippen molar-refractivity contribution >= 4 is 5.97 Å². The van der Waals surface area contributed by atoms with Crippen LogP contribution in [0.5, 0.6) is 5.75 Å². The van der Waals surface area contributed by atoms with E-state index >= 15 is 0 Å². The van der Waals surface area contributed by atoms with Gasteiger partial charge in [0.15, 0.2) is 0 Å². The highest BCUT2D eigenvalue weighted by Crippen LogP contribution is 2.22. The maximum atomic E-state index is 11.1. The predicted molar refractivity (Wildman–Crippen MR) is 83.8 cm³/mol. The number of carboxylic acids is 1. The first-order chi connectivity index (χ1) is 9.93. The van der Waals surface area contributed by atoms with Crippen LogP contribution < -0.4 is 4.74 Å². The summed E-state index contributed by atoms with van der Waals surface area (Å²) in [7, 11) is 3.97. The molecule has 1 aromatic carbocycles. The van der Waals surface area contributed by atoms with Crippen molar-refractivity contribution in [2.24, 2.45) is 0 Å². The van der Waals surface area contributed by atoms with Crippen molar-refractivity contribution in [2.45, 2.75) is 19.9 Å². The van der Waals surface area contributed by atoms with E-state index in [1.165, 1.54) is 0 Å². The first-order valence-electron chi connectivity index (χ1n) is 7.27. The minimum Gasteiger partial charge on any atom is -0.494 e. The molecule has 5 nitrogen and oxygen atoms in total. The maximum absolute atomic E-state index is 11.1. The van der Waals surface area contributed by atoms with Gasteiger partial charge in [-0.05, 0) is 45.6 Å². The number of hydrogen-bond acceptors (Lipinski definition) is 4. The molecule has 0 saturated carbocycles. The fraction of sp³-hybridized carbons (Fsp3) is 0.562. The van der Waals surface area contributed by atoms with E-state index in [9.17, 15) is 4.79 Å². The van der Waals surface area contributed by atoms with Gasteiger partial charge < -0.3 is 14.7 Å². The summed E-state index contributed by atoms with van der Waals surface area (Å²) in [5.41, 5.74) is 1.10. The molecular formula is C16H26N2O3. The van der Waals surface area contributed by atoms with Crippen LogP contribution in [0.2, 0.25) is 0 Å². The Morgan fingerprint density at radius 2 is 1.86 bits per heavy atom. The van der Waals surface area contributed by atoms with Crippen LogP contribution in [0.15, 0.2) is 24.3 Å². The normalized spacial score (nSPS) is 12.7. The van der Waals surface area contributed by atoms with E-state index in [1.54, 1.807) is 0 Å². The van der Waals surface area contributed by atoms with Gasteiger partial charge in [0.05, 0.1) is 13.2 Å². The lowest BCUT2D eigenvalue weighted by molar-refractivity contribution is -0.138. The molecular weight excluding hydrogens is 268 g/mol. The van der Waals surface area contributed by atoms with Crippen LogP contribution in [0, 0.1) is 0 Å². The molecule has 5 heteroatoms. The van der Waals surface area contributed by atoms with E-state index in [0.717, 1.165) is 17.9 Å². The summed E-state index contributed by atoms with van der Waals surface area (Å²) in [5, 5.41) is 9.08. The standard InChI is InChI=1S/C16H26N2O3/c1-5-21-15-8-6-14(7-9-15)13(2)18(12-16(19)20)11-10-17(3)4/h6-9,13H,5,10-12H2,1-4H3,(H,19,20). The van der Waals surface area contributed by atoms with Gasteiger partial charge in [-0.2, -0.15) is 0 Å². The lowest BCUT2D eigenvalue weighted by Crippen LogP contribution is -2.37. The summed E-state index contributed by atoms with van der Waals surface area (Å²) in [6.07, 6.45) is 0. The summed E-state index contributed by atoms with van der Waals surface area (Å²) in [4.78, 5) is 15.1. The van der Waals surface area contributed by atoms with Gasteiger partial charge >= 0.3 is 5.97 Å². The molecule has 0 aliphatic carbocycles. The molecule has 0 aliphatic rings. The topological polar surface area (TPSA) is 53.0 Å². The SMILES string of the molecule is CCOc1ccc(C(C)N(CCN(C)C)CC(=O)O)cc1.